The molecule has 0 fully saturated rings. The van der Waals surface area contributed by atoms with Crippen molar-refractivity contribution in [3.8, 4) is 0 Å². The summed E-state index contributed by atoms with van der Waals surface area (Å²) in [6.07, 6.45) is 1.11. The summed E-state index contributed by atoms with van der Waals surface area (Å²) in [5, 5.41) is 0.191. The molecule has 7 heteroatoms. The summed E-state index contributed by atoms with van der Waals surface area (Å²) in [5.41, 5.74) is 1.11. The first kappa shape index (κ1) is 33.2. The molecular formula is C29H54O5Si2. The SMILES string of the molecule is C[C@H]([C@H](OCOCc1ccccc1)[C@H](C)CCO[Si](C)(C)C(C)(C)C)[C@@H](C=O)O[Si](C)(C)C(C)(C)C. The highest BCUT2D eigenvalue weighted by molar-refractivity contribution is 6.74. The van der Waals surface area contributed by atoms with Crippen molar-refractivity contribution in [1.82, 2.24) is 0 Å². The summed E-state index contributed by atoms with van der Waals surface area (Å²) >= 11 is 0. The summed E-state index contributed by atoms with van der Waals surface area (Å²) in [7, 11) is -3.95. The lowest BCUT2D eigenvalue weighted by Gasteiger charge is -2.41. The molecule has 1 aromatic carbocycles. The zero-order valence-electron chi connectivity index (χ0n) is 25.1. The summed E-state index contributed by atoms with van der Waals surface area (Å²) in [6, 6.07) is 10.1. The Morgan fingerprint density at radius 2 is 1.44 bits per heavy atom. The van der Waals surface area contributed by atoms with Gasteiger partial charge in [0.1, 0.15) is 19.2 Å². The predicted octanol–water partition coefficient (Wildman–Crippen LogP) is 7.82. The molecule has 0 amide bonds. The van der Waals surface area contributed by atoms with Crippen molar-refractivity contribution >= 4 is 22.9 Å². The second-order valence-electron chi connectivity index (χ2n) is 13.3. The van der Waals surface area contributed by atoms with Gasteiger partial charge in [0.25, 0.3) is 0 Å². The molecule has 0 aliphatic carbocycles. The van der Waals surface area contributed by atoms with Gasteiger partial charge in [0.2, 0.25) is 0 Å². The van der Waals surface area contributed by atoms with Crippen LogP contribution in [0.5, 0.6) is 0 Å². The van der Waals surface area contributed by atoms with Crippen LogP contribution in [0, 0.1) is 11.8 Å². The number of hydrogen-bond acceptors (Lipinski definition) is 5. The lowest BCUT2D eigenvalue weighted by Crippen LogP contribution is -2.49. The molecule has 0 N–H and O–H groups in total. The molecule has 36 heavy (non-hydrogen) atoms. The molecule has 5 nitrogen and oxygen atoms in total. The predicted molar refractivity (Wildman–Crippen MR) is 155 cm³/mol. The molecule has 1 rings (SSSR count). The third-order valence-corrected chi connectivity index (χ3v) is 17.3. The highest BCUT2D eigenvalue weighted by atomic mass is 28.4. The maximum atomic E-state index is 12.2. The number of rotatable bonds is 15. The number of hydrogen-bond donors (Lipinski definition) is 0. The van der Waals surface area contributed by atoms with Crippen molar-refractivity contribution in [3.05, 3.63) is 35.9 Å². The Labute approximate surface area is 223 Å². The third-order valence-electron chi connectivity index (χ3n) is 8.27. The van der Waals surface area contributed by atoms with E-state index in [1.54, 1.807) is 0 Å². The van der Waals surface area contributed by atoms with Gasteiger partial charge in [0, 0.05) is 12.5 Å². The Morgan fingerprint density at radius 3 is 1.94 bits per heavy atom. The van der Waals surface area contributed by atoms with E-state index >= 15 is 0 Å². The quantitative estimate of drug-likeness (QED) is 0.0986. The molecule has 0 aromatic heterocycles. The van der Waals surface area contributed by atoms with Crippen molar-refractivity contribution in [1.29, 1.82) is 0 Å². The van der Waals surface area contributed by atoms with Gasteiger partial charge in [-0.2, -0.15) is 0 Å². The van der Waals surface area contributed by atoms with Crippen molar-refractivity contribution in [2.75, 3.05) is 13.4 Å². The van der Waals surface area contributed by atoms with Crippen LogP contribution in [-0.4, -0.2) is 48.5 Å². The van der Waals surface area contributed by atoms with Gasteiger partial charge in [-0.3, -0.25) is 0 Å². The maximum absolute atomic E-state index is 12.2. The molecule has 0 spiro atoms. The number of carbonyl (C=O) groups is 1. The Morgan fingerprint density at radius 1 is 0.889 bits per heavy atom. The van der Waals surface area contributed by atoms with E-state index in [-0.39, 0.29) is 34.8 Å². The van der Waals surface area contributed by atoms with Crippen LogP contribution in [0.25, 0.3) is 0 Å². The van der Waals surface area contributed by atoms with Gasteiger partial charge < -0.3 is 23.1 Å². The fourth-order valence-corrected chi connectivity index (χ4v) is 5.90. The topological polar surface area (TPSA) is 54.0 Å². The average molecular weight is 539 g/mol. The number of aldehydes is 1. The molecule has 0 saturated carbocycles. The van der Waals surface area contributed by atoms with Crippen molar-refractivity contribution in [2.24, 2.45) is 11.8 Å². The second kappa shape index (κ2) is 13.8. The zero-order chi connectivity index (χ0) is 27.8. The van der Waals surface area contributed by atoms with E-state index in [0.717, 1.165) is 18.3 Å². The molecule has 1 aromatic rings. The number of ether oxygens (including phenoxy) is 2. The molecule has 0 unspecified atom stereocenters. The van der Waals surface area contributed by atoms with Crippen LogP contribution in [0.3, 0.4) is 0 Å². The van der Waals surface area contributed by atoms with E-state index in [1.165, 1.54) is 0 Å². The maximum Gasteiger partial charge on any atom is 0.193 e. The summed E-state index contributed by atoms with van der Waals surface area (Å²) in [5.74, 6) is 0.0652. The zero-order valence-corrected chi connectivity index (χ0v) is 27.1. The van der Waals surface area contributed by atoms with Gasteiger partial charge in [-0.1, -0.05) is 85.7 Å². The van der Waals surface area contributed by atoms with E-state index in [2.05, 4.69) is 81.6 Å². The molecular weight excluding hydrogens is 484 g/mol. The van der Waals surface area contributed by atoms with Crippen molar-refractivity contribution < 1.29 is 23.1 Å². The first-order chi connectivity index (χ1) is 16.4. The Kier molecular flexibility index (Phi) is 12.7. The van der Waals surface area contributed by atoms with E-state index < -0.39 is 22.7 Å². The van der Waals surface area contributed by atoms with Crippen LogP contribution >= 0.6 is 0 Å². The van der Waals surface area contributed by atoms with E-state index in [4.69, 9.17) is 18.3 Å². The number of carbonyl (C=O) groups excluding carboxylic acids is 1. The minimum atomic E-state index is -2.12. The minimum absolute atomic E-state index is 0.0196. The highest BCUT2D eigenvalue weighted by Gasteiger charge is 2.42. The molecule has 0 bridgehead atoms. The lowest BCUT2D eigenvalue weighted by molar-refractivity contribution is -0.145. The highest BCUT2D eigenvalue weighted by Crippen LogP contribution is 2.39. The Balaban J connectivity index is 2.93. The van der Waals surface area contributed by atoms with Crippen LogP contribution in [0.4, 0.5) is 0 Å². The van der Waals surface area contributed by atoms with Crippen molar-refractivity contribution in [3.63, 3.8) is 0 Å². The van der Waals surface area contributed by atoms with Gasteiger partial charge in [0.15, 0.2) is 16.6 Å². The van der Waals surface area contributed by atoms with Gasteiger partial charge in [-0.15, -0.1) is 0 Å². The normalized spacial score (nSPS) is 16.9. The first-order valence-corrected chi connectivity index (χ1v) is 19.2. The van der Waals surface area contributed by atoms with Crippen LogP contribution < -0.4 is 0 Å². The van der Waals surface area contributed by atoms with Gasteiger partial charge in [0.05, 0.1) is 12.7 Å². The standard InChI is InChI=1S/C29H54O5Si2/c1-23(18-19-33-35(9,10)28(3,4)5)27(32-22-31-21-25-16-14-13-15-17-25)24(2)26(20-30)34-36(11,12)29(6,7)8/h13-17,20,23-24,26-27H,18-19,21-22H2,1-12H3/t23-,24+,26-,27-/m1/s1. The summed E-state index contributed by atoms with van der Waals surface area (Å²) in [6.45, 7) is 27.9. The molecule has 0 heterocycles. The molecule has 0 aliphatic heterocycles. The lowest BCUT2D eigenvalue weighted by atomic mass is 9.88. The Hall–Kier alpha value is -0.836. The fourth-order valence-electron chi connectivity index (χ4n) is 3.54. The molecule has 0 aliphatic rings. The van der Waals surface area contributed by atoms with Gasteiger partial charge in [-0.25, -0.2) is 0 Å². The van der Waals surface area contributed by atoms with Crippen LogP contribution in [0.2, 0.25) is 36.3 Å². The molecule has 0 saturated heterocycles. The molecule has 0 radical (unpaired) electrons. The van der Waals surface area contributed by atoms with E-state index in [0.29, 0.717) is 13.2 Å². The van der Waals surface area contributed by atoms with E-state index in [9.17, 15) is 4.79 Å². The van der Waals surface area contributed by atoms with Crippen LogP contribution in [0.15, 0.2) is 30.3 Å². The molecule has 4 atom stereocenters. The summed E-state index contributed by atoms with van der Waals surface area (Å²) < 4.78 is 25.2. The largest absolute Gasteiger partial charge is 0.417 e. The molecule has 208 valence electrons. The van der Waals surface area contributed by atoms with Gasteiger partial charge in [-0.05, 0) is 54.2 Å². The van der Waals surface area contributed by atoms with E-state index in [1.807, 2.05) is 30.3 Å². The Bertz CT molecular complexity index is 768. The average Bonchev–Trinajstić information content (AvgIpc) is 2.76. The van der Waals surface area contributed by atoms with Crippen molar-refractivity contribution in [2.45, 2.75) is 117 Å². The first-order valence-electron chi connectivity index (χ1n) is 13.4. The smallest absolute Gasteiger partial charge is 0.193 e. The monoisotopic (exact) mass is 538 g/mol. The third kappa shape index (κ3) is 10.1. The van der Waals surface area contributed by atoms with Crippen LogP contribution in [-0.2, 0) is 29.7 Å². The number of benzene rings is 1. The fraction of sp³-hybridized carbons (Fsp3) is 0.759. The summed E-state index contributed by atoms with van der Waals surface area (Å²) in [4.78, 5) is 12.2. The van der Waals surface area contributed by atoms with Crippen LogP contribution in [0.1, 0.15) is 67.4 Å². The second-order valence-corrected chi connectivity index (χ2v) is 22.9. The van der Waals surface area contributed by atoms with Gasteiger partial charge >= 0.3 is 0 Å². The minimum Gasteiger partial charge on any atom is -0.417 e.